The van der Waals surface area contributed by atoms with E-state index < -0.39 is 6.10 Å². The lowest BCUT2D eigenvalue weighted by molar-refractivity contribution is 0.199. The maximum absolute atomic E-state index is 9.92. The summed E-state index contributed by atoms with van der Waals surface area (Å²) in [4.78, 5) is 2.30. The lowest BCUT2D eigenvalue weighted by Crippen LogP contribution is -2.15. The van der Waals surface area contributed by atoms with Crippen LogP contribution in [0, 0.1) is 0 Å². The van der Waals surface area contributed by atoms with Crippen molar-refractivity contribution in [2.24, 2.45) is 0 Å². The van der Waals surface area contributed by atoms with E-state index in [-0.39, 0.29) is 0 Å². The summed E-state index contributed by atoms with van der Waals surface area (Å²) in [5, 5.41) is 18.1. The second kappa shape index (κ2) is 6.21. The van der Waals surface area contributed by atoms with Gasteiger partial charge in [0.25, 0.3) is 0 Å². The van der Waals surface area contributed by atoms with Crippen LogP contribution >= 0.6 is 0 Å². The van der Waals surface area contributed by atoms with Crippen molar-refractivity contribution in [1.29, 1.82) is 0 Å². The minimum atomic E-state index is -0.505. The van der Waals surface area contributed by atoms with Gasteiger partial charge in [-0.25, -0.2) is 4.63 Å². The van der Waals surface area contributed by atoms with Crippen LogP contribution in [0.2, 0.25) is 0 Å². The SMILES string of the molecule is CC(O)c1cccc(-c2cc(N3Cc4ccccc4C3)c3nonc3c2)c1. The Balaban J connectivity index is 1.62. The molecular weight excluding hydrogens is 338 g/mol. The minimum Gasteiger partial charge on any atom is -0.389 e. The maximum Gasteiger partial charge on any atom is 0.158 e. The van der Waals surface area contributed by atoms with E-state index in [0.29, 0.717) is 0 Å². The van der Waals surface area contributed by atoms with Gasteiger partial charge in [-0.3, -0.25) is 0 Å². The maximum atomic E-state index is 9.92. The number of fused-ring (bicyclic) bond motifs is 2. The predicted molar refractivity (Wildman–Crippen MR) is 104 cm³/mol. The van der Waals surface area contributed by atoms with Gasteiger partial charge in [-0.05, 0) is 63.3 Å². The zero-order chi connectivity index (χ0) is 18.4. The molecule has 27 heavy (non-hydrogen) atoms. The molecule has 0 aliphatic carbocycles. The Morgan fingerprint density at radius 1 is 0.926 bits per heavy atom. The van der Waals surface area contributed by atoms with E-state index in [2.05, 4.69) is 45.5 Å². The van der Waals surface area contributed by atoms with Crippen LogP contribution in [0.1, 0.15) is 29.7 Å². The summed E-state index contributed by atoms with van der Waals surface area (Å²) in [6.45, 7) is 3.46. The quantitative estimate of drug-likeness (QED) is 0.586. The van der Waals surface area contributed by atoms with Gasteiger partial charge in [0, 0.05) is 13.1 Å². The number of aliphatic hydroxyl groups excluding tert-OH is 1. The molecule has 0 bridgehead atoms. The van der Waals surface area contributed by atoms with Crippen LogP contribution in [-0.4, -0.2) is 15.4 Å². The molecule has 1 aliphatic heterocycles. The summed E-state index contributed by atoms with van der Waals surface area (Å²) in [7, 11) is 0. The Morgan fingerprint density at radius 3 is 2.44 bits per heavy atom. The Kier molecular flexibility index (Phi) is 3.69. The molecule has 5 nitrogen and oxygen atoms in total. The molecule has 134 valence electrons. The van der Waals surface area contributed by atoms with Gasteiger partial charge in [-0.2, -0.15) is 0 Å². The molecule has 1 atom stereocenters. The summed E-state index contributed by atoms with van der Waals surface area (Å²) in [6, 6.07) is 20.6. The fourth-order valence-corrected chi connectivity index (χ4v) is 3.76. The fraction of sp³-hybridized carbons (Fsp3) is 0.182. The van der Waals surface area contributed by atoms with Crippen LogP contribution in [0.25, 0.3) is 22.2 Å². The molecular formula is C22H19N3O2. The molecule has 4 aromatic rings. The molecule has 5 heteroatoms. The van der Waals surface area contributed by atoms with Crippen LogP contribution < -0.4 is 4.90 Å². The first kappa shape index (κ1) is 16.0. The summed E-state index contributed by atoms with van der Waals surface area (Å²) < 4.78 is 5.03. The molecule has 0 fully saturated rings. The number of nitrogens with zero attached hydrogens (tertiary/aromatic N) is 3. The first-order chi connectivity index (χ1) is 13.2. The van der Waals surface area contributed by atoms with Crippen LogP contribution in [-0.2, 0) is 13.1 Å². The van der Waals surface area contributed by atoms with Gasteiger partial charge in [0.05, 0.1) is 11.8 Å². The van der Waals surface area contributed by atoms with E-state index >= 15 is 0 Å². The largest absolute Gasteiger partial charge is 0.389 e. The number of aromatic nitrogens is 2. The first-order valence-electron chi connectivity index (χ1n) is 9.05. The smallest absolute Gasteiger partial charge is 0.158 e. The molecule has 1 aromatic heterocycles. The lowest BCUT2D eigenvalue weighted by atomic mass is 10.00. The number of hydrogen-bond acceptors (Lipinski definition) is 5. The Morgan fingerprint density at radius 2 is 1.70 bits per heavy atom. The van der Waals surface area contributed by atoms with Gasteiger partial charge in [0.1, 0.15) is 5.52 Å². The number of benzene rings is 3. The Bertz CT molecular complexity index is 1110. The van der Waals surface area contributed by atoms with Gasteiger partial charge < -0.3 is 10.0 Å². The average Bonchev–Trinajstić information content (AvgIpc) is 3.33. The Labute approximate surface area is 156 Å². The van der Waals surface area contributed by atoms with Crippen LogP contribution in [0.3, 0.4) is 0 Å². The molecule has 0 saturated carbocycles. The predicted octanol–water partition coefficient (Wildman–Crippen LogP) is 4.46. The van der Waals surface area contributed by atoms with E-state index in [1.165, 1.54) is 11.1 Å². The zero-order valence-corrected chi connectivity index (χ0v) is 15.0. The summed E-state index contributed by atoms with van der Waals surface area (Å²) in [6.07, 6.45) is -0.505. The zero-order valence-electron chi connectivity index (χ0n) is 15.0. The van der Waals surface area contributed by atoms with Crippen LogP contribution in [0.5, 0.6) is 0 Å². The van der Waals surface area contributed by atoms with Gasteiger partial charge in [0.15, 0.2) is 5.52 Å². The Hall–Kier alpha value is -3.18. The van der Waals surface area contributed by atoms with Crippen molar-refractivity contribution in [3.8, 4) is 11.1 Å². The molecule has 1 unspecified atom stereocenters. The monoisotopic (exact) mass is 357 g/mol. The lowest BCUT2D eigenvalue weighted by Gasteiger charge is -2.19. The molecule has 1 aliphatic rings. The van der Waals surface area contributed by atoms with E-state index in [4.69, 9.17) is 4.63 Å². The molecule has 0 radical (unpaired) electrons. The van der Waals surface area contributed by atoms with Crippen molar-refractivity contribution in [3.05, 3.63) is 77.4 Å². The number of aliphatic hydroxyl groups is 1. The van der Waals surface area contributed by atoms with Crippen molar-refractivity contribution in [3.63, 3.8) is 0 Å². The van der Waals surface area contributed by atoms with Gasteiger partial charge in [0.2, 0.25) is 0 Å². The van der Waals surface area contributed by atoms with Crippen molar-refractivity contribution in [2.45, 2.75) is 26.1 Å². The third-order valence-corrected chi connectivity index (χ3v) is 5.22. The van der Waals surface area contributed by atoms with Gasteiger partial charge in [-0.1, -0.05) is 42.5 Å². The second-order valence-electron chi connectivity index (χ2n) is 7.05. The van der Waals surface area contributed by atoms with Crippen molar-refractivity contribution >= 4 is 16.7 Å². The van der Waals surface area contributed by atoms with Gasteiger partial charge in [-0.15, -0.1) is 0 Å². The number of rotatable bonds is 3. The summed E-state index contributed by atoms with van der Waals surface area (Å²) in [5.41, 5.74) is 8.16. The van der Waals surface area contributed by atoms with E-state index in [0.717, 1.165) is 46.5 Å². The highest BCUT2D eigenvalue weighted by Crippen LogP contribution is 2.36. The fourth-order valence-electron chi connectivity index (χ4n) is 3.76. The van der Waals surface area contributed by atoms with Crippen LogP contribution in [0.15, 0.2) is 65.3 Å². The second-order valence-corrected chi connectivity index (χ2v) is 7.05. The van der Waals surface area contributed by atoms with Crippen molar-refractivity contribution < 1.29 is 9.74 Å². The molecule has 0 spiro atoms. The van der Waals surface area contributed by atoms with E-state index in [1.54, 1.807) is 6.92 Å². The highest BCUT2D eigenvalue weighted by Gasteiger charge is 2.23. The highest BCUT2D eigenvalue weighted by atomic mass is 16.6. The third-order valence-electron chi connectivity index (χ3n) is 5.22. The molecule has 1 N–H and O–H groups in total. The summed E-state index contributed by atoms with van der Waals surface area (Å²) >= 11 is 0. The number of anilines is 1. The summed E-state index contributed by atoms with van der Waals surface area (Å²) in [5.74, 6) is 0. The molecule has 2 heterocycles. The standard InChI is InChI=1S/C22H19N3O2/c1-14(26)15-7-4-8-16(9-15)19-10-20-22(24-27-23-20)21(11-19)25-12-17-5-2-3-6-18(17)13-25/h2-11,14,26H,12-13H2,1H3. The normalized spacial score (nSPS) is 14.5. The average molecular weight is 357 g/mol. The third kappa shape index (κ3) is 2.76. The number of hydrogen-bond donors (Lipinski definition) is 1. The molecule has 5 rings (SSSR count). The van der Waals surface area contributed by atoms with Crippen LogP contribution in [0.4, 0.5) is 5.69 Å². The first-order valence-corrected chi connectivity index (χ1v) is 9.05. The van der Waals surface area contributed by atoms with Gasteiger partial charge >= 0.3 is 0 Å². The molecule has 3 aromatic carbocycles. The molecule has 0 amide bonds. The van der Waals surface area contributed by atoms with Crippen molar-refractivity contribution in [1.82, 2.24) is 10.3 Å². The molecule has 0 saturated heterocycles. The van der Waals surface area contributed by atoms with E-state index in [9.17, 15) is 5.11 Å². The topological polar surface area (TPSA) is 62.4 Å². The van der Waals surface area contributed by atoms with Crippen molar-refractivity contribution in [2.75, 3.05) is 4.90 Å². The highest BCUT2D eigenvalue weighted by molar-refractivity contribution is 5.93. The van der Waals surface area contributed by atoms with E-state index in [1.807, 2.05) is 30.3 Å². The minimum absolute atomic E-state index is 0.505.